The molecule has 2 heterocycles. The van der Waals surface area contributed by atoms with Crippen molar-refractivity contribution in [2.45, 2.75) is 23.9 Å². The van der Waals surface area contributed by atoms with Crippen molar-refractivity contribution in [1.82, 2.24) is 23.9 Å². The van der Waals surface area contributed by atoms with Gasteiger partial charge in [-0.25, -0.2) is 22.2 Å². The maximum atomic E-state index is 12.2. The number of nitrogens with one attached hydrogen (secondary N) is 1. The van der Waals surface area contributed by atoms with E-state index in [-0.39, 0.29) is 16.6 Å². The summed E-state index contributed by atoms with van der Waals surface area (Å²) >= 11 is 1.18. The van der Waals surface area contributed by atoms with Crippen molar-refractivity contribution in [2.75, 3.05) is 25.2 Å². The molecule has 0 unspecified atom stereocenters. The number of carbonyl (C=O) groups excluding carboxylic acids is 1. The van der Waals surface area contributed by atoms with Gasteiger partial charge in [0.2, 0.25) is 21.1 Å². The second-order valence-electron chi connectivity index (χ2n) is 6.30. The van der Waals surface area contributed by atoms with E-state index in [1.54, 1.807) is 16.6 Å². The number of aryl methyl sites for hydroxylation is 2. The first kappa shape index (κ1) is 20.2. The van der Waals surface area contributed by atoms with Gasteiger partial charge >= 0.3 is 0 Å². The van der Waals surface area contributed by atoms with Crippen molar-refractivity contribution in [2.24, 2.45) is 0 Å². The number of hydrogen-bond acceptors (Lipinski definition) is 7. The van der Waals surface area contributed by atoms with Gasteiger partial charge in [0.25, 0.3) is 5.78 Å². The number of sulfonamides is 1. The molecule has 9 nitrogen and oxygen atoms in total. The highest BCUT2D eigenvalue weighted by Crippen LogP contribution is 2.19. The molecule has 1 aromatic carbocycles. The standard InChI is InChI=1S/C17H20N6O3S2/c1-11-8-12(2)23-16(18-11)20-17(21-23)27-10-15(24)19-13-6-5-7-14(9-13)28(25,26)22(3)4/h5-9H,10H2,1-4H3,(H,19,24). The van der Waals surface area contributed by atoms with Gasteiger partial charge in [-0.3, -0.25) is 4.79 Å². The Morgan fingerprint density at radius 3 is 2.68 bits per heavy atom. The number of aromatic nitrogens is 4. The molecule has 0 saturated heterocycles. The SMILES string of the molecule is Cc1cc(C)n2nc(SCC(=O)Nc3cccc(S(=O)(=O)N(C)C)c3)nc2n1. The van der Waals surface area contributed by atoms with E-state index in [1.165, 1.54) is 38.0 Å². The minimum atomic E-state index is -3.57. The molecule has 0 atom stereocenters. The highest BCUT2D eigenvalue weighted by atomic mass is 32.2. The molecule has 28 heavy (non-hydrogen) atoms. The topological polar surface area (TPSA) is 110 Å². The third-order valence-electron chi connectivity index (χ3n) is 3.83. The third kappa shape index (κ3) is 4.32. The zero-order valence-corrected chi connectivity index (χ0v) is 17.5. The Labute approximate surface area is 167 Å². The Kier molecular flexibility index (Phi) is 5.68. The molecule has 0 spiro atoms. The van der Waals surface area contributed by atoms with Crippen LogP contribution in [0.2, 0.25) is 0 Å². The summed E-state index contributed by atoms with van der Waals surface area (Å²) in [6, 6.07) is 8.03. The van der Waals surface area contributed by atoms with E-state index in [1.807, 2.05) is 19.9 Å². The number of thioether (sulfide) groups is 1. The fraction of sp³-hybridized carbons (Fsp3) is 0.294. The Balaban J connectivity index is 1.67. The predicted octanol–water partition coefficient (Wildman–Crippen LogP) is 1.72. The van der Waals surface area contributed by atoms with Crippen molar-refractivity contribution in [3.8, 4) is 0 Å². The summed E-state index contributed by atoms with van der Waals surface area (Å²) in [7, 11) is -0.655. The van der Waals surface area contributed by atoms with Gasteiger partial charge in [-0.15, -0.1) is 5.10 Å². The maximum Gasteiger partial charge on any atom is 0.253 e. The number of rotatable bonds is 6. The summed E-state index contributed by atoms with van der Waals surface area (Å²) in [5.41, 5.74) is 2.16. The van der Waals surface area contributed by atoms with E-state index in [4.69, 9.17) is 0 Å². The van der Waals surface area contributed by atoms with Crippen molar-refractivity contribution < 1.29 is 13.2 Å². The summed E-state index contributed by atoms with van der Waals surface area (Å²) in [5.74, 6) is 0.283. The maximum absolute atomic E-state index is 12.2. The number of nitrogens with zero attached hydrogens (tertiary/aromatic N) is 5. The Morgan fingerprint density at radius 1 is 1.21 bits per heavy atom. The first-order chi connectivity index (χ1) is 13.2. The molecule has 0 aliphatic carbocycles. The van der Waals surface area contributed by atoms with Gasteiger partial charge in [-0.1, -0.05) is 17.8 Å². The zero-order valence-electron chi connectivity index (χ0n) is 15.9. The van der Waals surface area contributed by atoms with Gasteiger partial charge in [0.05, 0.1) is 10.6 Å². The van der Waals surface area contributed by atoms with Crippen molar-refractivity contribution in [3.63, 3.8) is 0 Å². The lowest BCUT2D eigenvalue weighted by molar-refractivity contribution is -0.113. The molecule has 1 amide bonds. The van der Waals surface area contributed by atoms with Crippen LogP contribution in [0.4, 0.5) is 5.69 Å². The molecule has 0 bridgehead atoms. The second kappa shape index (κ2) is 7.86. The molecule has 0 radical (unpaired) electrons. The molecule has 148 valence electrons. The molecule has 0 aliphatic rings. The largest absolute Gasteiger partial charge is 0.325 e. The lowest BCUT2D eigenvalue weighted by atomic mass is 10.3. The van der Waals surface area contributed by atoms with Crippen molar-refractivity contribution >= 4 is 39.2 Å². The zero-order chi connectivity index (χ0) is 20.5. The van der Waals surface area contributed by atoms with Gasteiger partial charge in [0.1, 0.15) is 0 Å². The van der Waals surface area contributed by atoms with Crippen molar-refractivity contribution in [3.05, 3.63) is 41.7 Å². The Bertz CT molecular complexity index is 1140. The number of fused-ring (bicyclic) bond motifs is 1. The van der Waals surface area contributed by atoms with E-state index < -0.39 is 10.0 Å². The van der Waals surface area contributed by atoms with Crippen LogP contribution in [0.3, 0.4) is 0 Å². The summed E-state index contributed by atoms with van der Waals surface area (Å²) in [6.07, 6.45) is 0. The lowest BCUT2D eigenvalue weighted by Crippen LogP contribution is -2.22. The summed E-state index contributed by atoms with van der Waals surface area (Å²) in [5, 5.41) is 7.48. The average Bonchev–Trinajstić information content (AvgIpc) is 3.03. The van der Waals surface area contributed by atoms with Gasteiger partial charge < -0.3 is 5.32 Å². The van der Waals surface area contributed by atoms with Crippen LogP contribution < -0.4 is 5.32 Å². The van der Waals surface area contributed by atoms with E-state index >= 15 is 0 Å². The third-order valence-corrected chi connectivity index (χ3v) is 6.48. The lowest BCUT2D eigenvalue weighted by Gasteiger charge is -2.12. The average molecular weight is 421 g/mol. The molecule has 2 aromatic heterocycles. The number of carbonyl (C=O) groups is 1. The first-order valence-corrected chi connectivity index (χ1v) is 10.8. The Hall–Kier alpha value is -2.50. The van der Waals surface area contributed by atoms with E-state index in [2.05, 4.69) is 20.4 Å². The number of benzene rings is 1. The molecular weight excluding hydrogens is 400 g/mol. The fourth-order valence-electron chi connectivity index (χ4n) is 2.48. The van der Waals surface area contributed by atoms with Gasteiger partial charge in [-0.05, 0) is 38.1 Å². The number of anilines is 1. The summed E-state index contributed by atoms with van der Waals surface area (Å²) in [4.78, 5) is 21.0. The molecule has 0 fully saturated rings. The quantitative estimate of drug-likeness (QED) is 0.605. The van der Waals surface area contributed by atoms with E-state index in [9.17, 15) is 13.2 Å². The van der Waals surface area contributed by atoms with Crippen LogP contribution in [0.5, 0.6) is 0 Å². The highest BCUT2D eigenvalue weighted by molar-refractivity contribution is 7.99. The first-order valence-electron chi connectivity index (χ1n) is 8.33. The molecule has 0 saturated carbocycles. The van der Waals surface area contributed by atoms with Crippen LogP contribution >= 0.6 is 11.8 Å². The van der Waals surface area contributed by atoms with E-state index in [0.29, 0.717) is 16.6 Å². The normalized spacial score (nSPS) is 11.9. The molecule has 11 heteroatoms. The predicted molar refractivity (Wildman–Crippen MR) is 107 cm³/mol. The van der Waals surface area contributed by atoms with Crippen LogP contribution in [-0.2, 0) is 14.8 Å². The van der Waals surface area contributed by atoms with Gasteiger partial charge in [0.15, 0.2) is 0 Å². The van der Waals surface area contributed by atoms with Crippen LogP contribution in [0.25, 0.3) is 5.78 Å². The number of amides is 1. The monoisotopic (exact) mass is 420 g/mol. The minimum absolute atomic E-state index is 0.0829. The fourth-order valence-corrected chi connectivity index (χ4v) is 4.05. The summed E-state index contributed by atoms with van der Waals surface area (Å²) < 4.78 is 27.2. The van der Waals surface area contributed by atoms with Gasteiger partial charge in [0, 0.05) is 31.2 Å². The summed E-state index contributed by atoms with van der Waals surface area (Å²) in [6.45, 7) is 3.79. The molecule has 3 rings (SSSR count). The smallest absolute Gasteiger partial charge is 0.253 e. The molecular formula is C17H20N6O3S2. The Morgan fingerprint density at radius 2 is 1.96 bits per heavy atom. The molecule has 1 N–H and O–H groups in total. The minimum Gasteiger partial charge on any atom is -0.325 e. The van der Waals surface area contributed by atoms with Crippen LogP contribution in [0.1, 0.15) is 11.4 Å². The van der Waals surface area contributed by atoms with Crippen LogP contribution in [0, 0.1) is 13.8 Å². The molecule has 3 aromatic rings. The van der Waals surface area contributed by atoms with E-state index in [0.717, 1.165) is 15.7 Å². The number of hydrogen-bond donors (Lipinski definition) is 1. The van der Waals surface area contributed by atoms with Gasteiger partial charge in [-0.2, -0.15) is 4.98 Å². The van der Waals surface area contributed by atoms with Crippen LogP contribution in [-0.4, -0.2) is 58.1 Å². The second-order valence-corrected chi connectivity index (χ2v) is 9.39. The highest BCUT2D eigenvalue weighted by Gasteiger charge is 2.18. The molecule has 0 aliphatic heterocycles. The van der Waals surface area contributed by atoms with Crippen molar-refractivity contribution in [1.29, 1.82) is 0 Å². The van der Waals surface area contributed by atoms with Crippen LogP contribution in [0.15, 0.2) is 40.4 Å².